The molecule has 0 aliphatic carbocycles. The number of likely N-dealkylation sites (tertiary alicyclic amines) is 2. The van der Waals surface area contributed by atoms with Crippen molar-refractivity contribution >= 4 is 16.8 Å². The third kappa shape index (κ3) is 3.90. The van der Waals surface area contributed by atoms with E-state index in [-0.39, 0.29) is 17.9 Å². The first-order valence-corrected chi connectivity index (χ1v) is 10.2. The van der Waals surface area contributed by atoms with Gasteiger partial charge in [-0.3, -0.25) is 9.69 Å². The fraction of sp³-hybridized carbons (Fsp3) is 0.591. The third-order valence-corrected chi connectivity index (χ3v) is 6.43. The molecular weight excluding hydrogens is 338 g/mol. The van der Waals surface area contributed by atoms with Crippen molar-refractivity contribution in [3.05, 3.63) is 36.0 Å². The van der Waals surface area contributed by atoms with Gasteiger partial charge >= 0.3 is 0 Å². The average molecular weight is 370 g/mol. The molecule has 1 aromatic carbocycles. The number of rotatable bonds is 5. The fourth-order valence-corrected chi connectivity index (χ4v) is 5.01. The minimum atomic E-state index is 0.157. The van der Waals surface area contributed by atoms with Gasteiger partial charge in [-0.2, -0.15) is 0 Å². The lowest BCUT2D eigenvalue weighted by Gasteiger charge is -2.48. The molecular formula is C22H31N3O2. The van der Waals surface area contributed by atoms with Crippen LogP contribution in [-0.4, -0.2) is 58.2 Å². The zero-order valence-corrected chi connectivity index (χ0v) is 16.4. The molecule has 2 aliphatic rings. The molecule has 1 N–H and O–H groups in total. The maximum atomic E-state index is 12.3. The normalized spacial score (nSPS) is 24.2. The Kier molecular flexibility index (Phi) is 5.24. The Hall–Kier alpha value is -1.85. The van der Waals surface area contributed by atoms with Gasteiger partial charge in [0.1, 0.15) is 0 Å². The number of aromatic nitrogens is 1. The molecule has 1 atom stereocenters. The van der Waals surface area contributed by atoms with Crippen LogP contribution in [0.1, 0.15) is 37.7 Å². The lowest BCUT2D eigenvalue weighted by Crippen LogP contribution is -2.54. The number of nitrogens with zero attached hydrogens (tertiary/aromatic N) is 3. The van der Waals surface area contributed by atoms with Crippen LogP contribution in [0.3, 0.4) is 0 Å². The van der Waals surface area contributed by atoms with E-state index in [4.69, 9.17) is 5.11 Å². The topological polar surface area (TPSA) is 48.7 Å². The van der Waals surface area contributed by atoms with Gasteiger partial charge in [-0.05, 0) is 55.3 Å². The molecule has 0 radical (unpaired) electrons. The molecule has 1 aromatic heterocycles. The van der Waals surface area contributed by atoms with Gasteiger partial charge in [-0.25, -0.2) is 0 Å². The summed E-state index contributed by atoms with van der Waals surface area (Å²) >= 11 is 0. The second-order valence-electron chi connectivity index (χ2n) is 8.53. The van der Waals surface area contributed by atoms with E-state index in [2.05, 4.69) is 47.0 Å². The maximum Gasteiger partial charge on any atom is 0.222 e. The summed E-state index contributed by atoms with van der Waals surface area (Å²) in [4.78, 5) is 16.8. The van der Waals surface area contributed by atoms with E-state index in [1.807, 2.05) is 4.90 Å². The first-order valence-electron chi connectivity index (χ1n) is 10.2. The molecule has 146 valence electrons. The minimum Gasteiger partial charge on any atom is -0.396 e. The number of aryl methyl sites for hydroxylation is 1. The van der Waals surface area contributed by atoms with Gasteiger partial charge < -0.3 is 14.6 Å². The van der Waals surface area contributed by atoms with Crippen LogP contribution < -0.4 is 0 Å². The Labute approximate surface area is 161 Å². The van der Waals surface area contributed by atoms with E-state index in [9.17, 15) is 4.79 Å². The minimum absolute atomic E-state index is 0.157. The number of benzene rings is 1. The number of aliphatic hydroxyl groups is 1. The summed E-state index contributed by atoms with van der Waals surface area (Å²) in [5, 5.41) is 10.4. The van der Waals surface area contributed by atoms with Crippen LogP contribution in [0.25, 0.3) is 10.9 Å². The molecule has 2 aromatic rings. The molecule has 0 bridgehead atoms. The van der Waals surface area contributed by atoms with E-state index < -0.39 is 0 Å². The molecule has 2 saturated heterocycles. The highest BCUT2D eigenvalue weighted by molar-refractivity contribution is 5.80. The van der Waals surface area contributed by atoms with Crippen molar-refractivity contribution in [3.8, 4) is 0 Å². The summed E-state index contributed by atoms with van der Waals surface area (Å²) in [6, 6.07) is 8.95. The number of piperidine rings is 2. The molecule has 3 heterocycles. The van der Waals surface area contributed by atoms with Gasteiger partial charge in [0.25, 0.3) is 0 Å². The van der Waals surface area contributed by atoms with Gasteiger partial charge in [0.05, 0.1) is 0 Å². The van der Waals surface area contributed by atoms with E-state index in [1.165, 1.54) is 29.3 Å². The molecule has 1 amide bonds. The summed E-state index contributed by atoms with van der Waals surface area (Å²) in [6.07, 6.45) is 6.88. The Morgan fingerprint density at radius 3 is 2.93 bits per heavy atom. The van der Waals surface area contributed by atoms with Crippen molar-refractivity contribution in [3.63, 3.8) is 0 Å². The third-order valence-electron chi connectivity index (χ3n) is 6.43. The van der Waals surface area contributed by atoms with Crippen LogP contribution in [0.15, 0.2) is 30.5 Å². The van der Waals surface area contributed by atoms with Gasteiger partial charge in [0, 0.05) is 63.4 Å². The Balaban J connectivity index is 1.45. The fourth-order valence-electron chi connectivity index (χ4n) is 5.01. The van der Waals surface area contributed by atoms with Crippen LogP contribution in [0.2, 0.25) is 0 Å². The second kappa shape index (κ2) is 7.64. The number of carbonyl (C=O) groups excluding carboxylic acids is 1. The average Bonchev–Trinajstić information content (AvgIpc) is 3.03. The van der Waals surface area contributed by atoms with Gasteiger partial charge in [-0.15, -0.1) is 0 Å². The van der Waals surface area contributed by atoms with Crippen molar-refractivity contribution in [1.29, 1.82) is 0 Å². The molecule has 27 heavy (non-hydrogen) atoms. The molecule has 1 spiro atoms. The van der Waals surface area contributed by atoms with Crippen LogP contribution >= 0.6 is 0 Å². The first kappa shape index (κ1) is 18.5. The van der Waals surface area contributed by atoms with Gasteiger partial charge in [0.2, 0.25) is 5.91 Å². The molecule has 5 nitrogen and oxygen atoms in total. The standard InChI is InChI=1S/C22H31N3O2/c1-23-12-7-19-5-4-18(14-20(19)23)15-24-10-2-8-22(16-24)9-6-21(27)25(17-22)11-3-13-26/h4-5,7,12,14,26H,2-3,6,8-11,13,15-17H2,1H3/t22-/m0/s1. The van der Waals surface area contributed by atoms with Gasteiger partial charge in [0.15, 0.2) is 0 Å². The van der Waals surface area contributed by atoms with Gasteiger partial charge in [-0.1, -0.05) is 12.1 Å². The zero-order valence-electron chi connectivity index (χ0n) is 16.4. The molecule has 2 fully saturated rings. The van der Waals surface area contributed by atoms with Crippen molar-refractivity contribution in [2.45, 2.75) is 38.6 Å². The molecule has 0 unspecified atom stereocenters. The summed E-state index contributed by atoms with van der Waals surface area (Å²) < 4.78 is 2.18. The quantitative estimate of drug-likeness (QED) is 0.882. The summed E-state index contributed by atoms with van der Waals surface area (Å²) in [7, 11) is 2.10. The Morgan fingerprint density at radius 1 is 1.19 bits per heavy atom. The number of hydrogen-bond donors (Lipinski definition) is 1. The summed E-state index contributed by atoms with van der Waals surface area (Å²) in [5.41, 5.74) is 2.89. The number of amides is 1. The monoisotopic (exact) mass is 369 g/mol. The van der Waals surface area contributed by atoms with E-state index in [1.54, 1.807) is 0 Å². The second-order valence-corrected chi connectivity index (χ2v) is 8.53. The Morgan fingerprint density at radius 2 is 2.07 bits per heavy atom. The van der Waals surface area contributed by atoms with Crippen molar-refractivity contribution in [1.82, 2.24) is 14.4 Å². The van der Waals surface area contributed by atoms with E-state index >= 15 is 0 Å². The van der Waals surface area contributed by atoms with Crippen LogP contribution in [0, 0.1) is 5.41 Å². The largest absolute Gasteiger partial charge is 0.396 e. The van der Waals surface area contributed by atoms with E-state index in [0.29, 0.717) is 19.4 Å². The van der Waals surface area contributed by atoms with Crippen LogP contribution in [0.4, 0.5) is 0 Å². The van der Waals surface area contributed by atoms with Crippen molar-refractivity contribution < 1.29 is 9.90 Å². The van der Waals surface area contributed by atoms with Crippen LogP contribution in [0.5, 0.6) is 0 Å². The smallest absolute Gasteiger partial charge is 0.222 e. The highest BCUT2D eigenvalue weighted by atomic mass is 16.3. The van der Waals surface area contributed by atoms with E-state index in [0.717, 1.165) is 32.6 Å². The highest BCUT2D eigenvalue weighted by Crippen LogP contribution is 2.39. The Bertz CT molecular complexity index is 815. The number of fused-ring (bicyclic) bond motifs is 1. The predicted octanol–water partition coefficient (Wildman–Crippen LogP) is 2.77. The SMILES string of the molecule is Cn1ccc2ccc(CN3CCC[C@]4(CCC(=O)N(CCCO)C4)C3)cc21. The molecule has 0 saturated carbocycles. The summed E-state index contributed by atoms with van der Waals surface area (Å²) in [5.74, 6) is 0.264. The number of carbonyl (C=O) groups is 1. The highest BCUT2D eigenvalue weighted by Gasteiger charge is 2.41. The molecule has 4 rings (SSSR count). The van der Waals surface area contributed by atoms with Crippen LogP contribution in [-0.2, 0) is 18.4 Å². The lowest BCUT2D eigenvalue weighted by atomic mass is 9.73. The predicted molar refractivity (Wildman–Crippen MR) is 107 cm³/mol. The molecule has 5 heteroatoms. The first-order chi connectivity index (χ1) is 13.1. The van der Waals surface area contributed by atoms with Crippen molar-refractivity contribution in [2.24, 2.45) is 12.5 Å². The zero-order chi connectivity index (χ0) is 18.9. The lowest BCUT2D eigenvalue weighted by molar-refractivity contribution is -0.139. The molecule has 2 aliphatic heterocycles. The van der Waals surface area contributed by atoms with Crippen molar-refractivity contribution in [2.75, 3.05) is 32.8 Å². The number of aliphatic hydroxyl groups excluding tert-OH is 1. The maximum absolute atomic E-state index is 12.3. The number of hydrogen-bond acceptors (Lipinski definition) is 3. The summed E-state index contributed by atoms with van der Waals surface area (Å²) in [6.45, 7) is 4.90.